The number of hydrogen-bond acceptors (Lipinski definition) is 3. The highest BCUT2D eigenvalue weighted by Gasteiger charge is 2.33. The normalized spacial score (nSPS) is 11.8. The molecule has 0 aliphatic heterocycles. The van der Waals surface area contributed by atoms with Gasteiger partial charge in [0.15, 0.2) is 0 Å². The Labute approximate surface area is 124 Å². The van der Waals surface area contributed by atoms with Gasteiger partial charge in [0.05, 0.1) is 11.8 Å². The fourth-order valence-corrected chi connectivity index (χ4v) is 1.92. The number of nitrogens with zero attached hydrogens (tertiary/aromatic N) is 2. The second kappa shape index (κ2) is 5.89. The summed E-state index contributed by atoms with van der Waals surface area (Å²) >= 11 is 5.60. The number of ether oxygens (including phenoxy) is 1. The zero-order valence-corrected chi connectivity index (χ0v) is 12.0. The Hall–Kier alpha value is -1.82. The van der Waals surface area contributed by atoms with Crippen molar-refractivity contribution in [1.82, 2.24) is 9.97 Å². The molecule has 0 saturated heterocycles. The third-order valence-corrected chi connectivity index (χ3v) is 2.68. The van der Waals surface area contributed by atoms with Crippen molar-refractivity contribution < 1.29 is 17.9 Å². The fraction of sp³-hybridized carbons (Fsp3) is 0.286. The van der Waals surface area contributed by atoms with E-state index in [1.54, 1.807) is 24.3 Å². The van der Waals surface area contributed by atoms with Gasteiger partial charge in [-0.15, -0.1) is 0 Å². The molecule has 0 saturated carbocycles. The molecule has 1 aromatic heterocycles. The summed E-state index contributed by atoms with van der Waals surface area (Å²) in [6.45, 7) is 3.65. The molecular weight excluding hydrogens is 305 g/mol. The van der Waals surface area contributed by atoms with Crippen molar-refractivity contribution >= 4 is 11.6 Å². The molecule has 0 fully saturated rings. The SMILES string of the molecule is CC(C)Oc1ccccc1-c1cc(C(F)(F)F)nc(Cl)n1. The molecule has 0 aliphatic carbocycles. The monoisotopic (exact) mass is 316 g/mol. The van der Waals surface area contributed by atoms with E-state index < -0.39 is 17.2 Å². The highest BCUT2D eigenvalue weighted by molar-refractivity contribution is 6.28. The van der Waals surface area contributed by atoms with Gasteiger partial charge in [0, 0.05) is 5.56 Å². The second-order valence-electron chi connectivity index (χ2n) is 4.57. The average molecular weight is 317 g/mol. The van der Waals surface area contributed by atoms with E-state index in [1.807, 2.05) is 13.8 Å². The predicted octanol–water partition coefficient (Wildman–Crippen LogP) is 4.60. The van der Waals surface area contributed by atoms with Crippen molar-refractivity contribution in [2.75, 3.05) is 0 Å². The summed E-state index contributed by atoms with van der Waals surface area (Å²) in [5, 5.41) is -0.459. The molecule has 1 heterocycles. The molecule has 0 atom stereocenters. The van der Waals surface area contributed by atoms with Crippen molar-refractivity contribution in [3.63, 3.8) is 0 Å². The molecule has 3 nitrogen and oxygen atoms in total. The van der Waals surface area contributed by atoms with Gasteiger partial charge in [0.2, 0.25) is 5.28 Å². The Kier molecular flexibility index (Phi) is 4.37. The molecule has 21 heavy (non-hydrogen) atoms. The molecule has 2 aromatic rings. The number of aromatic nitrogens is 2. The van der Waals surface area contributed by atoms with Crippen LogP contribution in [0.15, 0.2) is 30.3 Å². The van der Waals surface area contributed by atoms with Crippen LogP contribution in [0.1, 0.15) is 19.5 Å². The lowest BCUT2D eigenvalue weighted by molar-refractivity contribution is -0.141. The molecule has 0 spiro atoms. The van der Waals surface area contributed by atoms with Gasteiger partial charge in [-0.1, -0.05) is 12.1 Å². The van der Waals surface area contributed by atoms with Crippen LogP contribution in [0.5, 0.6) is 5.75 Å². The average Bonchev–Trinajstić information content (AvgIpc) is 2.37. The van der Waals surface area contributed by atoms with E-state index in [1.165, 1.54) is 0 Å². The lowest BCUT2D eigenvalue weighted by Gasteiger charge is -2.14. The van der Waals surface area contributed by atoms with E-state index in [-0.39, 0.29) is 11.8 Å². The second-order valence-corrected chi connectivity index (χ2v) is 4.91. The fourth-order valence-electron chi connectivity index (χ4n) is 1.74. The summed E-state index contributed by atoms with van der Waals surface area (Å²) < 4.78 is 44.0. The first-order valence-corrected chi connectivity index (χ1v) is 6.53. The summed E-state index contributed by atoms with van der Waals surface area (Å²) in [5.74, 6) is 0.440. The minimum absolute atomic E-state index is 0.0681. The number of alkyl halides is 3. The van der Waals surface area contributed by atoms with Crippen LogP contribution in [-0.2, 0) is 6.18 Å². The highest BCUT2D eigenvalue weighted by Crippen LogP contribution is 2.34. The topological polar surface area (TPSA) is 35.0 Å². The van der Waals surface area contributed by atoms with Crippen LogP contribution in [0.25, 0.3) is 11.3 Å². The molecule has 0 bridgehead atoms. The Morgan fingerprint density at radius 2 is 1.81 bits per heavy atom. The van der Waals surface area contributed by atoms with Crippen molar-refractivity contribution in [2.45, 2.75) is 26.1 Å². The lowest BCUT2D eigenvalue weighted by Crippen LogP contribution is -2.10. The summed E-state index contributed by atoms with van der Waals surface area (Å²) in [5.41, 5.74) is -0.587. The van der Waals surface area contributed by atoms with Crippen LogP contribution in [-0.4, -0.2) is 16.1 Å². The first kappa shape index (κ1) is 15.6. The standard InChI is InChI=1S/C14H12ClF3N2O/c1-8(2)21-11-6-4-3-5-9(11)10-7-12(14(16,17)18)20-13(15)19-10/h3-8H,1-2H3. The predicted molar refractivity (Wildman–Crippen MR) is 73.2 cm³/mol. The van der Waals surface area contributed by atoms with E-state index in [9.17, 15) is 13.2 Å². The summed E-state index contributed by atoms with van der Waals surface area (Å²) in [7, 11) is 0. The van der Waals surface area contributed by atoms with E-state index in [2.05, 4.69) is 9.97 Å². The maximum absolute atomic E-state index is 12.8. The summed E-state index contributed by atoms with van der Waals surface area (Å²) in [4.78, 5) is 7.07. The summed E-state index contributed by atoms with van der Waals surface area (Å²) in [6.07, 6.45) is -4.71. The smallest absolute Gasteiger partial charge is 0.433 e. The number of para-hydroxylation sites is 1. The Morgan fingerprint density at radius 3 is 2.43 bits per heavy atom. The number of rotatable bonds is 3. The number of benzene rings is 1. The Balaban J connectivity index is 2.54. The first-order valence-electron chi connectivity index (χ1n) is 6.15. The maximum Gasteiger partial charge on any atom is 0.433 e. The molecule has 1 aromatic carbocycles. The molecule has 0 aliphatic rings. The summed E-state index contributed by atoms with van der Waals surface area (Å²) in [6, 6.07) is 7.56. The van der Waals surface area contributed by atoms with Gasteiger partial charge in [-0.25, -0.2) is 9.97 Å². The minimum atomic E-state index is -4.59. The van der Waals surface area contributed by atoms with Gasteiger partial charge < -0.3 is 4.74 Å². The largest absolute Gasteiger partial charge is 0.490 e. The Bertz CT molecular complexity index is 644. The molecule has 112 valence electrons. The number of hydrogen-bond donors (Lipinski definition) is 0. The van der Waals surface area contributed by atoms with E-state index in [0.717, 1.165) is 6.07 Å². The van der Waals surface area contributed by atoms with Crippen molar-refractivity contribution in [1.29, 1.82) is 0 Å². The molecule has 7 heteroatoms. The quantitative estimate of drug-likeness (QED) is 0.776. The van der Waals surface area contributed by atoms with Gasteiger partial charge in [-0.05, 0) is 43.6 Å². The maximum atomic E-state index is 12.8. The number of halogens is 4. The van der Waals surface area contributed by atoms with Crippen LogP contribution in [0.2, 0.25) is 5.28 Å². The zero-order chi connectivity index (χ0) is 15.6. The van der Waals surface area contributed by atoms with Crippen LogP contribution in [0.4, 0.5) is 13.2 Å². The third-order valence-electron chi connectivity index (χ3n) is 2.51. The van der Waals surface area contributed by atoms with Crippen LogP contribution in [0.3, 0.4) is 0 Å². The molecule has 0 unspecified atom stereocenters. The first-order chi connectivity index (χ1) is 9.77. The zero-order valence-electron chi connectivity index (χ0n) is 11.3. The van der Waals surface area contributed by atoms with E-state index >= 15 is 0 Å². The third kappa shape index (κ3) is 3.85. The van der Waals surface area contributed by atoms with Crippen LogP contribution < -0.4 is 4.74 Å². The van der Waals surface area contributed by atoms with E-state index in [0.29, 0.717) is 11.3 Å². The van der Waals surface area contributed by atoms with Crippen molar-refractivity contribution in [2.24, 2.45) is 0 Å². The molecule has 0 radical (unpaired) electrons. The molecule has 0 amide bonds. The van der Waals surface area contributed by atoms with Gasteiger partial charge in [-0.2, -0.15) is 13.2 Å². The van der Waals surface area contributed by atoms with Crippen molar-refractivity contribution in [3.8, 4) is 17.0 Å². The molecular formula is C14H12ClF3N2O. The highest BCUT2D eigenvalue weighted by atomic mass is 35.5. The molecule has 0 N–H and O–H groups in total. The molecule has 2 rings (SSSR count). The van der Waals surface area contributed by atoms with Gasteiger partial charge in [0.1, 0.15) is 11.4 Å². The van der Waals surface area contributed by atoms with Gasteiger partial charge >= 0.3 is 6.18 Å². The minimum Gasteiger partial charge on any atom is -0.490 e. The van der Waals surface area contributed by atoms with Crippen LogP contribution in [0, 0.1) is 0 Å². The lowest BCUT2D eigenvalue weighted by atomic mass is 10.1. The van der Waals surface area contributed by atoms with Gasteiger partial charge in [-0.3, -0.25) is 0 Å². The van der Waals surface area contributed by atoms with E-state index in [4.69, 9.17) is 16.3 Å². The van der Waals surface area contributed by atoms with Crippen LogP contribution >= 0.6 is 11.6 Å². The Morgan fingerprint density at radius 1 is 1.14 bits per heavy atom. The van der Waals surface area contributed by atoms with Gasteiger partial charge in [0.25, 0.3) is 0 Å². The van der Waals surface area contributed by atoms with Crippen molar-refractivity contribution in [3.05, 3.63) is 41.3 Å².